The van der Waals surface area contributed by atoms with Crippen LogP contribution in [0.4, 0.5) is 4.39 Å². The monoisotopic (exact) mass is 179 g/mol. The van der Waals surface area contributed by atoms with E-state index in [2.05, 4.69) is 11.9 Å². The predicted molar refractivity (Wildman–Crippen MR) is 53.2 cm³/mol. The first-order valence-corrected chi connectivity index (χ1v) is 4.39. The molecule has 0 aliphatic heterocycles. The molecule has 1 aromatic carbocycles. The molecule has 0 fully saturated rings. The second-order valence-electron chi connectivity index (χ2n) is 2.87. The molecule has 0 aliphatic carbocycles. The van der Waals surface area contributed by atoms with Crippen LogP contribution in [-0.4, -0.2) is 13.1 Å². The highest BCUT2D eigenvalue weighted by Crippen LogP contribution is 2.03. The van der Waals surface area contributed by atoms with Crippen molar-refractivity contribution in [1.82, 2.24) is 5.32 Å². The summed E-state index contributed by atoms with van der Waals surface area (Å²) in [6, 6.07) is 6.69. The van der Waals surface area contributed by atoms with Gasteiger partial charge in [0.1, 0.15) is 5.82 Å². The fourth-order valence-corrected chi connectivity index (χ4v) is 1.13. The molecule has 70 valence electrons. The van der Waals surface area contributed by atoms with E-state index in [-0.39, 0.29) is 5.82 Å². The first-order chi connectivity index (χ1) is 6.33. The van der Waals surface area contributed by atoms with Crippen molar-refractivity contribution in [2.75, 3.05) is 13.1 Å². The van der Waals surface area contributed by atoms with Gasteiger partial charge in [-0.2, -0.15) is 0 Å². The molecule has 0 aromatic heterocycles. The van der Waals surface area contributed by atoms with Gasteiger partial charge in [0.05, 0.1) is 0 Å². The molecule has 0 atom stereocenters. The molecule has 1 N–H and O–H groups in total. The molecular formula is C11H14FN. The van der Waals surface area contributed by atoms with Gasteiger partial charge in [-0.05, 0) is 30.7 Å². The Bertz CT molecular complexity index is 271. The predicted octanol–water partition coefficient (Wildman–Crippen LogP) is 2.14. The van der Waals surface area contributed by atoms with E-state index in [0.717, 1.165) is 25.1 Å². The average Bonchev–Trinajstić information content (AvgIpc) is 2.13. The number of benzene rings is 1. The molecule has 0 bridgehead atoms. The van der Waals surface area contributed by atoms with Gasteiger partial charge in [-0.25, -0.2) is 4.39 Å². The van der Waals surface area contributed by atoms with Gasteiger partial charge < -0.3 is 5.32 Å². The first-order valence-electron chi connectivity index (χ1n) is 4.39. The SMILES string of the molecule is C=CCNCCc1cccc(F)c1. The number of rotatable bonds is 5. The van der Waals surface area contributed by atoms with E-state index in [1.54, 1.807) is 12.1 Å². The zero-order valence-electron chi connectivity index (χ0n) is 7.59. The Labute approximate surface area is 78.3 Å². The molecule has 1 rings (SSSR count). The minimum Gasteiger partial charge on any atom is -0.313 e. The third-order valence-electron chi connectivity index (χ3n) is 1.77. The van der Waals surface area contributed by atoms with Crippen molar-refractivity contribution < 1.29 is 4.39 Å². The van der Waals surface area contributed by atoms with Crippen LogP contribution in [0.3, 0.4) is 0 Å². The molecule has 0 unspecified atom stereocenters. The van der Waals surface area contributed by atoms with Crippen molar-refractivity contribution in [1.29, 1.82) is 0 Å². The molecule has 2 heteroatoms. The first kappa shape index (κ1) is 9.93. The van der Waals surface area contributed by atoms with Crippen LogP contribution in [0.25, 0.3) is 0 Å². The lowest BCUT2D eigenvalue weighted by atomic mass is 10.1. The van der Waals surface area contributed by atoms with Crippen LogP contribution in [0.1, 0.15) is 5.56 Å². The maximum atomic E-state index is 12.7. The number of hydrogen-bond acceptors (Lipinski definition) is 1. The van der Waals surface area contributed by atoms with E-state index in [4.69, 9.17) is 0 Å². The molecule has 0 amide bonds. The summed E-state index contributed by atoms with van der Waals surface area (Å²) < 4.78 is 12.7. The van der Waals surface area contributed by atoms with Crippen molar-refractivity contribution >= 4 is 0 Å². The summed E-state index contributed by atoms with van der Waals surface area (Å²) in [7, 11) is 0. The zero-order valence-corrected chi connectivity index (χ0v) is 7.59. The van der Waals surface area contributed by atoms with Crippen LogP contribution in [0.5, 0.6) is 0 Å². The highest BCUT2D eigenvalue weighted by atomic mass is 19.1. The summed E-state index contributed by atoms with van der Waals surface area (Å²) >= 11 is 0. The Kier molecular flexibility index (Phi) is 4.19. The second-order valence-corrected chi connectivity index (χ2v) is 2.87. The van der Waals surface area contributed by atoms with Gasteiger partial charge in [0.25, 0.3) is 0 Å². The van der Waals surface area contributed by atoms with Gasteiger partial charge >= 0.3 is 0 Å². The quantitative estimate of drug-likeness (QED) is 0.539. The molecule has 0 saturated carbocycles. The van der Waals surface area contributed by atoms with Gasteiger partial charge in [0, 0.05) is 6.54 Å². The maximum absolute atomic E-state index is 12.7. The third-order valence-corrected chi connectivity index (χ3v) is 1.77. The molecule has 1 aromatic rings. The normalized spacial score (nSPS) is 9.92. The highest BCUT2D eigenvalue weighted by molar-refractivity contribution is 5.16. The minimum atomic E-state index is -0.166. The lowest BCUT2D eigenvalue weighted by Crippen LogP contribution is -2.16. The summed E-state index contributed by atoms with van der Waals surface area (Å²) in [5.74, 6) is -0.166. The molecule has 0 aliphatic rings. The van der Waals surface area contributed by atoms with Crippen molar-refractivity contribution in [2.45, 2.75) is 6.42 Å². The van der Waals surface area contributed by atoms with Crippen LogP contribution in [0.15, 0.2) is 36.9 Å². The van der Waals surface area contributed by atoms with Crippen molar-refractivity contribution in [3.8, 4) is 0 Å². The van der Waals surface area contributed by atoms with Gasteiger partial charge in [0.15, 0.2) is 0 Å². The smallest absolute Gasteiger partial charge is 0.123 e. The molecule has 13 heavy (non-hydrogen) atoms. The Balaban J connectivity index is 2.32. The number of nitrogens with one attached hydrogen (secondary N) is 1. The van der Waals surface area contributed by atoms with Crippen molar-refractivity contribution in [2.24, 2.45) is 0 Å². The topological polar surface area (TPSA) is 12.0 Å². The van der Waals surface area contributed by atoms with E-state index in [1.807, 2.05) is 12.1 Å². The lowest BCUT2D eigenvalue weighted by Gasteiger charge is -2.01. The summed E-state index contributed by atoms with van der Waals surface area (Å²) in [5, 5.41) is 3.16. The molecule has 1 nitrogen and oxygen atoms in total. The largest absolute Gasteiger partial charge is 0.313 e. The molecule has 0 heterocycles. The molecular weight excluding hydrogens is 165 g/mol. The van der Waals surface area contributed by atoms with Gasteiger partial charge in [-0.3, -0.25) is 0 Å². The second kappa shape index (κ2) is 5.49. The Hall–Kier alpha value is -1.15. The fraction of sp³-hybridized carbons (Fsp3) is 0.273. The van der Waals surface area contributed by atoms with Gasteiger partial charge in [-0.1, -0.05) is 18.2 Å². The molecule has 0 spiro atoms. The van der Waals surface area contributed by atoms with Crippen LogP contribution in [0, 0.1) is 5.82 Å². The summed E-state index contributed by atoms with van der Waals surface area (Å²) in [5.41, 5.74) is 1.02. The average molecular weight is 179 g/mol. The van der Waals surface area contributed by atoms with Crippen molar-refractivity contribution in [3.05, 3.63) is 48.3 Å². The Morgan fingerprint density at radius 2 is 2.31 bits per heavy atom. The van der Waals surface area contributed by atoms with E-state index in [9.17, 15) is 4.39 Å². The summed E-state index contributed by atoms with van der Waals surface area (Å²) in [6.45, 7) is 5.25. The van der Waals surface area contributed by atoms with Gasteiger partial charge in [-0.15, -0.1) is 6.58 Å². The Morgan fingerprint density at radius 3 is 3.00 bits per heavy atom. The van der Waals surface area contributed by atoms with Crippen LogP contribution < -0.4 is 5.32 Å². The van der Waals surface area contributed by atoms with E-state index >= 15 is 0 Å². The highest BCUT2D eigenvalue weighted by Gasteiger charge is 1.93. The van der Waals surface area contributed by atoms with Gasteiger partial charge in [0.2, 0.25) is 0 Å². The molecule has 0 radical (unpaired) electrons. The van der Waals surface area contributed by atoms with Crippen molar-refractivity contribution in [3.63, 3.8) is 0 Å². The van der Waals surface area contributed by atoms with E-state index < -0.39 is 0 Å². The van der Waals surface area contributed by atoms with E-state index in [0.29, 0.717) is 0 Å². The standard InChI is InChI=1S/C11H14FN/c1-2-7-13-8-6-10-4-3-5-11(12)9-10/h2-5,9,13H,1,6-8H2. The summed E-state index contributed by atoms with van der Waals surface area (Å²) in [4.78, 5) is 0. The maximum Gasteiger partial charge on any atom is 0.123 e. The molecule has 0 saturated heterocycles. The van der Waals surface area contributed by atoms with Crippen LogP contribution in [-0.2, 0) is 6.42 Å². The minimum absolute atomic E-state index is 0.166. The van der Waals surface area contributed by atoms with E-state index in [1.165, 1.54) is 6.07 Å². The third kappa shape index (κ3) is 3.85. The van der Waals surface area contributed by atoms with Crippen LogP contribution in [0.2, 0.25) is 0 Å². The summed E-state index contributed by atoms with van der Waals surface area (Å²) in [6.07, 6.45) is 2.66. The van der Waals surface area contributed by atoms with Crippen LogP contribution >= 0.6 is 0 Å². The number of hydrogen-bond donors (Lipinski definition) is 1. The number of halogens is 1. The lowest BCUT2D eigenvalue weighted by molar-refractivity contribution is 0.624. The Morgan fingerprint density at radius 1 is 1.46 bits per heavy atom. The zero-order chi connectivity index (χ0) is 9.52. The fourth-order valence-electron chi connectivity index (χ4n) is 1.13.